The first kappa shape index (κ1) is 24.0. The van der Waals surface area contributed by atoms with Crippen molar-refractivity contribution in [2.24, 2.45) is 4.99 Å². The number of nitrogens with zero attached hydrogens (tertiary/aromatic N) is 1. The van der Waals surface area contributed by atoms with Gasteiger partial charge in [0.05, 0.1) is 13.7 Å². The minimum Gasteiger partial charge on any atom is -0.497 e. The van der Waals surface area contributed by atoms with Gasteiger partial charge < -0.3 is 20.1 Å². The van der Waals surface area contributed by atoms with Crippen molar-refractivity contribution in [3.8, 4) is 5.75 Å². The highest BCUT2D eigenvalue weighted by Crippen LogP contribution is 2.25. The van der Waals surface area contributed by atoms with Gasteiger partial charge in [0, 0.05) is 31.7 Å². The second-order valence-electron chi connectivity index (χ2n) is 6.28. The van der Waals surface area contributed by atoms with Gasteiger partial charge >= 0.3 is 0 Å². The molecule has 0 spiro atoms. The molecule has 25 heavy (non-hydrogen) atoms. The summed E-state index contributed by atoms with van der Waals surface area (Å²) in [6.07, 6.45) is 0.972. The second kappa shape index (κ2) is 13.2. The van der Waals surface area contributed by atoms with E-state index in [1.807, 2.05) is 19.1 Å². The van der Waals surface area contributed by atoms with Gasteiger partial charge in [0.2, 0.25) is 0 Å². The van der Waals surface area contributed by atoms with E-state index in [0.29, 0.717) is 6.54 Å². The third-order valence-corrected chi connectivity index (χ3v) is 3.81. The first-order valence-electron chi connectivity index (χ1n) is 8.78. The fourth-order valence-electron chi connectivity index (χ4n) is 2.28. The number of hydrogen-bond acceptors (Lipinski definition) is 3. The fourth-order valence-corrected chi connectivity index (χ4v) is 2.28. The van der Waals surface area contributed by atoms with E-state index in [2.05, 4.69) is 43.5 Å². The van der Waals surface area contributed by atoms with Gasteiger partial charge in [0.25, 0.3) is 0 Å². The van der Waals surface area contributed by atoms with Crippen molar-refractivity contribution >= 4 is 29.9 Å². The van der Waals surface area contributed by atoms with Crippen molar-refractivity contribution in [2.75, 3.05) is 40.0 Å². The van der Waals surface area contributed by atoms with Gasteiger partial charge in [-0.3, -0.25) is 4.99 Å². The Morgan fingerprint density at radius 3 is 2.36 bits per heavy atom. The Hall–Kier alpha value is -1.02. The summed E-state index contributed by atoms with van der Waals surface area (Å²) in [4.78, 5) is 4.74. The minimum atomic E-state index is -0.0417. The molecule has 0 amide bonds. The fraction of sp³-hybridized carbons (Fsp3) is 0.632. The van der Waals surface area contributed by atoms with Crippen molar-refractivity contribution in [1.29, 1.82) is 0 Å². The summed E-state index contributed by atoms with van der Waals surface area (Å²) in [7, 11) is 1.68. The predicted molar refractivity (Wildman–Crippen MR) is 117 cm³/mol. The molecule has 0 fully saturated rings. The van der Waals surface area contributed by atoms with E-state index < -0.39 is 0 Å². The maximum atomic E-state index is 5.36. The van der Waals surface area contributed by atoms with E-state index in [9.17, 15) is 0 Å². The Kier molecular flexibility index (Phi) is 12.7. The largest absolute Gasteiger partial charge is 0.497 e. The van der Waals surface area contributed by atoms with Gasteiger partial charge in [0.1, 0.15) is 5.75 Å². The lowest BCUT2D eigenvalue weighted by molar-refractivity contribution is 0.145. The number of hydrogen-bond donors (Lipinski definition) is 2. The number of methoxy groups -OCH3 is 1. The lowest BCUT2D eigenvalue weighted by Crippen LogP contribution is -2.39. The van der Waals surface area contributed by atoms with Crippen LogP contribution >= 0.6 is 24.0 Å². The van der Waals surface area contributed by atoms with E-state index in [1.165, 1.54) is 5.56 Å². The van der Waals surface area contributed by atoms with Gasteiger partial charge in [0.15, 0.2) is 5.96 Å². The van der Waals surface area contributed by atoms with Crippen LogP contribution in [0.3, 0.4) is 0 Å². The predicted octanol–water partition coefficient (Wildman–Crippen LogP) is 3.57. The van der Waals surface area contributed by atoms with Crippen LogP contribution in [-0.4, -0.2) is 45.9 Å². The molecule has 2 N–H and O–H groups in total. The number of nitrogens with one attached hydrogen (secondary N) is 2. The molecular formula is C19H34IN3O2. The molecule has 0 aliphatic heterocycles. The highest BCUT2D eigenvalue weighted by molar-refractivity contribution is 14.0. The molecular weight excluding hydrogens is 429 g/mol. The zero-order valence-electron chi connectivity index (χ0n) is 16.2. The SMILES string of the molecule is CCNC(=NCC(C)(C)c1ccc(OC)cc1)NCCCOCC.I. The minimum absolute atomic E-state index is 0. The van der Waals surface area contributed by atoms with Gasteiger partial charge in [-0.1, -0.05) is 26.0 Å². The van der Waals surface area contributed by atoms with Gasteiger partial charge in [-0.05, 0) is 38.0 Å². The van der Waals surface area contributed by atoms with Crippen molar-refractivity contribution in [3.63, 3.8) is 0 Å². The quantitative estimate of drug-likeness (QED) is 0.241. The van der Waals surface area contributed by atoms with Gasteiger partial charge in [-0.15, -0.1) is 24.0 Å². The zero-order chi connectivity index (χ0) is 17.8. The molecule has 0 atom stereocenters. The number of ether oxygens (including phenoxy) is 2. The molecule has 0 saturated heterocycles. The smallest absolute Gasteiger partial charge is 0.191 e. The summed E-state index contributed by atoms with van der Waals surface area (Å²) in [6, 6.07) is 8.21. The number of halogens is 1. The molecule has 6 heteroatoms. The summed E-state index contributed by atoms with van der Waals surface area (Å²) in [6.45, 7) is 12.5. The van der Waals surface area contributed by atoms with Crippen LogP contribution in [0, 0.1) is 0 Å². The van der Waals surface area contributed by atoms with Gasteiger partial charge in [-0.25, -0.2) is 0 Å². The molecule has 0 aliphatic carbocycles. The molecule has 1 rings (SSSR count). The summed E-state index contributed by atoms with van der Waals surface area (Å²) in [5.74, 6) is 1.73. The molecule has 1 aromatic carbocycles. The van der Waals surface area contributed by atoms with E-state index in [4.69, 9.17) is 14.5 Å². The van der Waals surface area contributed by atoms with Crippen LogP contribution in [0.4, 0.5) is 0 Å². The highest BCUT2D eigenvalue weighted by Gasteiger charge is 2.20. The number of aliphatic imine (C=N–C) groups is 1. The average Bonchev–Trinajstić information content (AvgIpc) is 2.59. The molecule has 0 aliphatic rings. The molecule has 0 aromatic heterocycles. The summed E-state index contributed by atoms with van der Waals surface area (Å²) < 4.78 is 10.6. The van der Waals surface area contributed by atoms with Crippen molar-refractivity contribution < 1.29 is 9.47 Å². The van der Waals surface area contributed by atoms with Crippen LogP contribution in [0.2, 0.25) is 0 Å². The average molecular weight is 463 g/mol. The molecule has 1 aromatic rings. The van der Waals surface area contributed by atoms with Gasteiger partial charge in [-0.2, -0.15) is 0 Å². The van der Waals surface area contributed by atoms with Crippen LogP contribution in [0.1, 0.15) is 39.7 Å². The van der Waals surface area contributed by atoms with E-state index in [1.54, 1.807) is 7.11 Å². The van der Waals surface area contributed by atoms with Crippen molar-refractivity contribution in [1.82, 2.24) is 10.6 Å². The van der Waals surface area contributed by atoms with E-state index in [-0.39, 0.29) is 29.4 Å². The zero-order valence-corrected chi connectivity index (χ0v) is 18.6. The monoisotopic (exact) mass is 463 g/mol. The number of guanidine groups is 1. The Morgan fingerprint density at radius 2 is 1.80 bits per heavy atom. The Balaban J connectivity index is 0.00000576. The van der Waals surface area contributed by atoms with Crippen LogP contribution in [0.15, 0.2) is 29.3 Å². The first-order valence-corrected chi connectivity index (χ1v) is 8.78. The van der Waals surface area contributed by atoms with Crippen LogP contribution in [0.5, 0.6) is 5.75 Å². The molecule has 0 heterocycles. The third kappa shape index (κ3) is 9.30. The molecule has 0 radical (unpaired) electrons. The van der Waals surface area contributed by atoms with E-state index in [0.717, 1.165) is 44.4 Å². The maximum Gasteiger partial charge on any atom is 0.191 e. The Labute approximate surface area is 170 Å². The Bertz CT molecular complexity index is 490. The van der Waals surface area contributed by atoms with Crippen LogP contribution in [-0.2, 0) is 10.2 Å². The number of rotatable bonds is 10. The normalized spacial score (nSPS) is 11.6. The lowest BCUT2D eigenvalue weighted by Gasteiger charge is -2.24. The van der Waals surface area contributed by atoms with Crippen LogP contribution < -0.4 is 15.4 Å². The highest BCUT2D eigenvalue weighted by atomic mass is 127. The standard InChI is InChI=1S/C19H33N3O2.HI/c1-6-20-18(21-13-8-14-24-7-2)22-15-19(3,4)16-9-11-17(23-5)12-10-16;/h9-12H,6-8,13-15H2,1-5H3,(H2,20,21,22);1H. The molecule has 5 nitrogen and oxygen atoms in total. The van der Waals surface area contributed by atoms with Crippen molar-refractivity contribution in [2.45, 2.75) is 39.5 Å². The molecule has 0 bridgehead atoms. The van der Waals surface area contributed by atoms with Crippen molar-refractivity contribution in [3.05, 3.63) is 29.8 Å². The molecule has 0 unspecified atom stereocenters. The Morgan fingerprint density at radius 1 is 1.12 bits per heavy atom. The maximum absolute atomic E-state index is 5.36. The first-order chi connectivity index (χ1) is 11.5. The number of benzene rings is 1. The topological polar surface area (TPSA) is 54.9 Å². The third-order valence-electron chi connectivity index (χ3n) is 3.81. The summed E-state index contributed by atoms with van der Waals surface area (Å²) >= 11 is 0. The lowest BCUT2D eigenvalue weighted by atomic mass is 9.85. The molecule has 144 valence electrons. The molecule has 0 saturated carbocycles. The summed E-state index contributed by atoms with van der Waals surface area (Å²) in [5.41, 5.74) is 1.21. The van der Waals surface area contributed by atoms with E-state index >= 15 is 0 Å². The summed E-state index contributed by atoms with van der Waals surface area (Å²) in [5, 5.41) is 6.65. The second-order valence-corrected chi connectivity index (χ2v) is 6.28. The van der Waals surface area contributed by atoms with Crippen LogP contribution in [0.25, 0.3) is 0 Å².